The van der Waals surface area contributed by atoms with Crippen molar-refractivity contribution in [2.24, 2.45) is 0 Å². The summed E-state index contributed by atoms with van der Waals surface area (Å²) < 4.78 is 49.4. The molecule has 0 aliphatic carbocycles. The molecule has 0 bridgehead atoms. The predicted octanol–water partition coefficient (Wildman–Crippen LogP) is 3.16. The van der Waals surface area contributed by atoms with E-state index in [1.807, 2.05) is 0 Å². The molecule has 0 aromatic heterocycles. The second kappa shape index (κ2) is 7.23. The molecule has 0 aliphatic rings. The molecule has 2 nitrogen and oxygen atoms in total. The number of hydrogen-bond donors (Lipinski definition) is 0. The summed E-state index contributed by atoms with van der Waals surface area (Å²) in [6, 6.07) is 0. The largest absolute Gasteiger partial charge is 0.497 e. The van der Waals surface area contributed by atoms with Gasteiger partial charge in [0.1, 0.15) is 0 Å². The molecule has 0 radical (unpaired) electrons. The topological polar surface area (TPSA) is 26.3 Å². The zero-order valence-electron chi connectivity index (χ0n) is 8.10. The maximum Gasteiger partial charge on any atom is 0.497 e. The lowest BCUT2D eigenvalue weighted by Gasteiger charge is -2.05. The van der Waals surface area contributed by atoms with Gasteiger partial charge in [-0.15, -0.1) is 0 Å². The first-order valence-electron chi connectivity index (χ1n) is 4.60. The lowest BCUT2D eigenvalue weighted by atomic mass is 10.2. The Balaban J connectivity index is 3.33. The van der Waals surface area contributed by atoms with Gasteiger partial charge in [0.15, 0.2) is 0 Å². The van der Waals surface area contributed by atoms with Gasteiger partial charge in [-0.25, -0.2) is 4.21 Å². The van der Waals surface area contributed by atoms with Crippen LogP contribution in [0, 0.1) is 0 Å². The van der Waals surface area contributed by atoms with E-state index in [2.05, 4.69) is 11.1 Å². The fourth-order valence-electron chi connectivity index (χ4n) is 0.907. The van der Waals surface area contributed by atoms with Crippen molar-refractivity contribution in [3.63, 3.8) is 0 Å². The average Bonchev–Trinajstić information content (AvgIpc) is 2.09. The van der Waals surface area contributed by atoms with Gasteiger partial charge in [0, 0.05) is 0 Å². The summed E-state index contributed by atoms with van der Waals surface area (Å²) in [7, 11) is 0. The molecule has 0 amide bonds. The molecule has 0 saturated carbocycles. The first-order chi connectivity index (χ1) is 6.48. The number of alkyl halides is 3. The Morgan fingerprint density at radius 1 is 1.14 bits per heavy atom. The fourth-order valence-corrected chi connectivity index (χ4v) is 1.31. The van der Waals surface area contributed by atoms with Crippen molar-refractivity contribution < 1.29 is 21.6 Å². The van der Waals surface area contributed by atoms with Crippen LogP contribution in [0.1, 0.15) is 39.0 Å². The van der Waals surface area contributed by atoms with Crippen LogP contribution in [0.2, 0.25) is 0 Å². The summed E-state index contributed by atoms with van der Waals surface area (Å²) in [6.07, 6.45) is 4.49. The zero-order chi connectivity index (χ0) is 11.0. The number of unbranched alkanes of at least 4 members (excludes halogenated alkanes) is 4. The second-order valence-corrected chi connectivity index (χ2v) is 4.08. The summed E-state index contributed by atoms with van der Waals surface area (Å²) in [6.45, 7) is 1.96. The van der Waals surface area contributed by atoms with Crippen LogP contribution in [0.25, 0.3) is 0 Å². The van der Waals surface area contributed by atoms with Crippen LogP contribution in [0.3, 0.4) is 0 Å². The van der Waals surface area contributed by atoms with E-state index in [9.17, 15) is 17.4 Å². The minimum atomic E-state index is -4.75. The highest BCUT2D eigenvalue weighted by molar-refractivity contribution is 7.81. The number of rotatable bonds is 7. The van der Waals surface area contributed by atoms with Crippen LogP contribution in [0.5, 0.6) is 0 Å². The van der Waals surface area contributed by atoms with E-state index in [-0.39, 0.29) is 6.61 Å². The Morgan fingerprint density at radius 3 is 2.21 bits per heavy atom. The number of hydrogen-bond acceptors (Lipinski definition) is 2. The molecular formula is C8H15F3O2S. The van der Waals surface area contributed by atoms with Gasteiger partial charge in [-0.3, -0.25) is 4.18 Å². The van der Waals surface area contributed by atoms with Gasteiger partial charge in [-0.05, 0) is 6.42 Å². The van der Waals surface area contributed by atoms with E-state index in [1.54, 1.807) is 0 Å². The van der Waals surface area contributed by atoms with Crippen molar-refractivity contribution in [1.82, 2.24) is 0 Å². The van der Waals surface area contributed by atoms with Crippen molar-refractivity contribution in [3.8, 4) is 0 Å². The fraction of sp³-hybridized carbons (Fsp3) is 1.00. The molecule has 6 heteroatoms. The van der Waals surface area contributed by atoms with E-state index in [0.29, 0.717) is 6.42 Å². The van der Waals surface area contributed by atoms with Crippen LogP contribution in [-0.4, -0.2) is 16.3 Å². The third kappa shape index (κ3) is 7.32. The van der Waals surface area contributed by atoms with Gasteiger partial charge in [0.05, 0.1) is 6.61 Å². The maximum atomic E-state index is 11.7. The lowest BCUT2D eigenvalue weighted by molar-refractivity contribution is -0.0473. The lowest BCUT2D eigenvalue weighted by Crippen LogP contribution is -2.18. The third-order valence-electron chi connectivity index (χ3n) is 1.63. The first-order valence-corrected chi connectivity index (χ1v) is 5.68. The highest BCUT2D eigenvalue weighted by atomic mass is 32.2. The zero-order valence-corrected chi connectivity index (χ0v) is 8.92. The van der Waals surface area contributed by atoms with Crippen molar-refractivity contribution in [1.29, 1.82) is 0 Å². The second-order valence-electron chi connectivity index (χ2n) is 2.92. The van der Waals surface area contributed by atoms with Crippen LogP contribution < -0.4 is 0 Å². The Hall–Kier alpha value is -0.100. The van der Waals surface area contributed by atoms with Gasteiger partial charge in [-0.1, -0.05) is 32.6 Å². The van der Waals surface area contributed by atoms with Crippen molar-refractivity contribution in [2.45, 2.75) is 44.5 Å². The minimum absolute atomic E-state index is 0.0875. The molecule has 14 heavy (non-hydrogen) atoms. The average molecular weight is 232 g/mol. The summed E-state index contributed by atoms with van der Waals surface area (Å²) in [5.41, 5.74) is -4.75. The van der Waals surface area contributed by atoms with Crippen molar-refractivity contribution in [3.05, 3.63) is 0 Å². The monoisotopic (exact) mass is 232 g/mol. The van der Waals surface area contributed by atoms with Gasteiger partial charge in [0.2, 0.25) is 0 Å². The predicted molar refractivity (Wildman–Crippen MR) is 48.9 cm³/mol. The van der Waals surface area contributed by atoms with E-state index in [4.69, 9.17) is 0 Å². The van der Waals surface area contributed by atoms with Crippen LogP contribution >= 0.6 is 0 Å². The molecular weight excluding hydrogens is 217 g/mol. The Morgan fingerprint density at radius 2 is 1.71 bits per heavy atom. The molecule has 1 atom stereocenters. The third-order valence-corrected chi connectivity index (χ3v) is 2.39. The highest BCUT2D eigenvalue weighted by Crippen LogP contribution is 2.20. The van der Waals surface area contributed by atoms with E-state index < -0.39 is 16.6 Å². The van der Waals surface area contributed by atoms with Crippen LogP contribution in [-0.2, 0) is 15.3 Å². The van der Waals surface area contributed by atoms with E-state index in [1.165, 1.54) is 0 Å². The summed E-state index contributed by atoms with van der Waals surface area (Å²) in [5.74, 6) is 0. The first kappa shape index (κ1) is 13.9. The summed E-state index contributed by atoms with van der Waals surface area (Å²) in [5, 5.41) is 0. The Labute approximate surface area is 84.5 Å². The van der Waals surface area contributed by atoms with Crippen LogP contribution in [0.4, 0.5) is 13.2 Å². The molecule has 0 saturated heterocycles. The van der Waals surface area contributed by atoms with Gasteiger partial charge in [0.25, 0.3) is 11.1 Å². The molecule has 86 valence electrons. The Kier molecular flexibility index (Phi) is 7.17. The van der Waals surface area contributed by atoms with Crippen LogP contribution in [0.15, 0.2) is 0 Å². The quantitative estimate of drug-likeness (QED) is 0.630. The van der Waals surface area contributed by atoms with Gasteiger partial charge >= 0.3 is 5.51 Å². The molecule has 0 aliphatic heterocycles. The molecule has 0 rings (SSSR count). The smallest absolute Gasteiger partial charge is 0.284 e. The molecule has 1 unspecified atom stereocenters. The molecule has 0 spiro atoms. The van der Waals surface area contributed by atoms with E-state index in [0.717, 1.165) is 25.7 Å². The van der Waals surface area contributed by atoms with Crippen molar-refractivity contribution >= 4 is 11.1 Å². The van der Waals surface area contributed by atoms with Gasteiger partial charge in [-0.2, -0.15) is 13.2 Å². The normalized spacial score (nSPS) is 14.3. The molecule has 0 aromatic carbocycles. The Bertz CT molecular complexity index is 170. The molecule has 0 heterocycles. The standard InChI is InChI=1S/C8H15F3O2S/c1-2-3-4-5-6-7-13-14(12)8(9,10)11/h2-7H2,1H3. The van der Waals surface area contributed by atoms with Gasteiger partial charge < -0.3 is 0 Å². The van der Waals surface area contributed by atoms with E-state index >= 15 is 0 Å². The summed E-state index contributed by atoms with van der Waals surface area (Å²) >= 11 is -3.14. The molecule has 0 fully saturated rings. The number of halogens is 3. The van der Waals surface area contributed by atoms with Crippen molar-refractivity contribution in [2.75, 3.05) is 6.61 Å². The molecule has 0 N–H and O–H groups in total. The highest BCUT2D eigenvalue weighted by Gasteiger charge is 2.38. The minimum Gasteiger partial charge on any atom is -0.284 e. The summed E-state index contributed by atoms with van der Waals surface area (Å²) in [4.78, 5) is 0. The molecule has 0 aromatic rings. The SMILES string of the molecule is CCCCCCCOS(=O)C(F)(F)F. The maximum absolute atomic E-state index is 11.7.